The second kappa shape index (κ2) is 6.02. The Hall–Kier alpha value is -0.860. The summed E-state index contributed by atoms with van der Waals surface area (Å²) in [7, 11) is 0. The first-order valence-electron chi connectivity index (χ1n) is 5.95. The summed E-state index contributed by atoms with van der Waals surface area (Å²) in [4.78, 5) is 0. The molecule has 0 aliphatic carbocycles. The van der Waals surface area contributed by atoms with Gasteiger partial charge in [0.05, 0.1) is 0 Å². The Morgan fingerprint density at radius 3 is 2.69 bits per heavy atom. The van der Waals surface area contributed by atoms with Crippen LogP contribution in [0.15, 0.2) is 24.3 Å². The highest BCUT2D eigenvalue weighted by molar-refractivity contribution is 5.22. The van der Waals surface area contributed by atoms with Crippen LogP contribution in [-0.2, 0) is 6.42 Å². The third-order valence-electron chi connectivity index (χ3n) is 2.84. The average molecular weight is 221 g/mol. The van der Waals surface area contributed by atoms with Crippen molar-refractivity contribution in [1.29, 1.82) is 0 Å². The van der Waals surface area contributed by atoms with Crippen LogP contribution in [0.4, 0.5) is 0 Å². The quantitative estimate of drug-likeness (QED) is 0.772. The van der Waals surface area contributed by atoms with E-state index in [-0.39, 0.29) is 12.1 Å². The Balaban J connectivity index is 2.35. The number of hydrogen-bond acceptors (Lipinski definition) is 2. The molecule has 0 saturated carbocycles. The van der Waals surface area contributed by atoms with Crippen molar-refractivity contribution in [3.63, 3.8) is 0 Å². The molecule has 1 aromatic rings. The standard InChI is InChI=1S/C14H23NO/c1-12-5-4-6-13(11-12)7-9-15-14(2,3)8-10-16/h4-6,11,15-16H,7-10H2,1-3H3. The third-order valence-corrected chi connectivity index (χ3v) is 2.84. The van der Waals surface area contributed by atoms with E-state index in [4.69, 9.17) is 5.11 Å². The number of nitrogens with one attached hydrogen (secondary N) is 1. The van der Waals surface area contributed by atoms with Gasteiger partial charge in [-0.25, -0.2) is 0 Å². The minimum atomic E-state index is 0.0264. The molecule has 1 rings (SSSR count). The third kappa shape index (κ3) is 4.77. The topological polar surface area (TPSA) is 32.3 Å². The second-order valence-corrected chi connectivity index (χ2v) is 5.02. The van der Waals surface area contributed by atoms with Crippen LogP contribution < -0.4 is 5.32 Å². The zero-order valence-corrected chi connectivity index (χ0v) is 10.6. The predicted octanol–water partition coefficient (Wildman–Crippen LogP) is 2.29. The van der Waals surface area contributed by atoms with Gasteiger partial charge in [-0.3, -0.25) is 0 Å². The van der Waals surface area contributed by atoms with Crippen molar-refractivity contribution < 1.29 is 5.11 Å². The molecule has 16 heavy (non-hydrogen) atoms. The number of rotatable bonds is 6. The van der Waals surface area contributed by atoms with Crippen molar-refractivity contribution in [1.82, 2.24) is 5.32 Å². The van der Waals surface area contributed by atoms with Gasteiger partial charge in [-0.2, -0.15) is 0 Å². The number of aliphatic hydroxyl groups excluding tert-OH is 1. The molecule has 0 bridgehead atoms. The minimum Gasteiger partial charge on any atom is -0.396 e. The molecule has 0 aromatic heterocycles. The van der Waals surface area contributed by atoms with Gasteiger partial charge in [0, 0.05) is 12.1 Å². The Morgan fingerprint density at radius 2 is 2.06 bits per heavy atom. The summed E-state index contributed by atoms with van der Waals surface area (Å²) in [6, 6.07) is 8.60. The SMILES string of the molecule is Cc1cccc(CCNC(C)(C)CCO)c1. The molecule has 0 amide bonds. The van der Waals surface area contributed by atoms with E-state index in [0.717, 1.165) is 19.4 Å². The van der Waals surface area contributed by atoms with Gasteiger partial charge < -0.3 is 10.4 Å². The fourth-order valence-electron chi connectivity index (χ4n) is 1.78. The molecule has 1 aromatic carbocycles. The number of aryl methyl sites for hydroxylation is 1. The average Bonchev–Trinajstić information content (AvgIpc) is 2.17. The predicted molar refractivity (Wildman–Crippen MR) is 68.7 cm³/mol. The monoisotopic (exact) mass is 221 g/mol. The summed E-state index contributed by atoms with van der Waals surface area (Å²) in [5.74, 6) is 0. The lowest BCUT2D eigenvalue weighted by molar-refractivity contribution is 0.231. The van der Waals surface area contributed by atoms with E-state index < -0.39 is 0 Å². The highest BCUT2D eigenvalue weighted by Crippen LogP contribution is 2.08. The highest BCUT2D eigenvalue weighted by atomic mass is 16.3. The van der Waals surface area contributed by atoms with E-state index in [2.05, 4.69) is 50.4 Å². The summed E-state index contributed by atoms with van der Waals surface area (Å²) in [5, 5.41) is 12.4. The van der Waals surface area contributed by atoms with Crippen molar-refractivity contribution in [2.75, 3.05) is 13.2 Å². The minimum absolute atomic E-state index is 0.0264. The lowest BCUT2D eigenvalue weighted by Crippen LogP contribution is -2.41. The molecule has 0 spiro atoms. The summed E-state index contributed by atoms with van der Waals surface area (Å²) in [5.41, 5.74) is 2.71. The van der Waals surface area contributed by atoms with E-state index in [9.17, 15) is 0 Å². The van der Waals surface area contributed by atoms with Gasteiger partial charge in [-0.1, -0.05) is 29.8 Å². The van der Waals surface area contributed by atoms with Crippen LogP contribution >= 0.6 is 0 Å². The van der Waals surface area contributed by atoms with Crippen molar-refractivity contribution in [2.24, 2.45) is 0 Å². The van der Waals surface area contributed by atoms with Gasteiger partial charge in [-0.15, -0.1) is 0 Å². The van der Waals surface area contributed by atoms with Crippen LogP contribution in [0.1, 0.15) is 31.4 Å². The van der Waals surface area contributed by atoms with E-state index in [1.165, 1.54) is 11.1 Å². The number of benzene rings is 1. The van der Waals surface area contributed by atoms with Crippen LogP contribution in [0.25, 0.3) is 0 Å². The van der Waals surface area contributed by atoms with Crippen LogP contribution in [0.3, 0.4) is 0 Å². The fraction of sp³-hybridized carbons (Fsp3) is 0.571. The molecule has 2 N–H and O–H groups in total. The zero-order chi connectivity index (χ0) is 12.0. The van der Waals surface area contributed by atoms with E-state index in [1.807, 2.05) is 0 Å². The van der Waals surface area contributed by atoms with Crippen molar-refractivity contribution in [2.45, 2.75) is 39.2 Å². The molecular formula is C14H23NO. The van der Waals surface area contributed by atoms with Crippen LogP contribution in [-0.4, -0.2) is 23.8 Å². The van der Waals surface area contributed by atoms with Crippen LogP contribution in [0, 0.1) is 6.92 Å². The van der Waals surface area contributed by atoms with Crippen LogP contribution in [0.5, 0.6) is 0 Å². The molecule has 0 unspecified atom stereocenters. The zero-order valence-electron chi connectivity index (χ0n) is 10.6. The Kier molecular flexibility index (Phi) is 4.97. The first kappa shape index (κ1) is 13.2. The van der Waals surface area contributed by atoms with Crippen molar-refractivity contribution >= 4 is 0 Å². The second-order valence-electron chi connectivity index (χ2n) is 5.02. The summed E-state index contributed by atoms with van der Waals surface area (Å²) in [6.45, 7) is 7.56. The largest absolute Gasteiger partial charge is 0.396 e. The molecule has 2 nitrogen and oxygen atoms in total. The molecule has 0 atom stereocenters. The Bertz CT molecular complexity index is 320. The summed E-state index contributed by atoms with van der Waals surface area (Å²) < 4.78 is 0. The molecule has 2 heteroatoms. The first-order chi connectivity index (χ1) is 7.53. The summed E-state index contributed by atoms with van der Waals surface area (Å²) in [6.07, 6.45) is 1.83. The summed E-state index contributed by atoms with van der Waals surface area (Å²) >= 11 is 0. The maximum Gasteiger partial charge on any atom is 0.0448 e. The Labute approximate surface area is 98.7 Å². The molecule has 0 saturated heterocycles. The lowest BCUT2D eigenvalue weighted by Gasteiger charge is -2.25. The maximum absolute atomic E-state index is 8.91. The van der Waals surface area contributed by atoms with Crippen molar-refractivity contribution in [3.05, 3.63) is 35.4 Å². The molecular weight excluding hydrogens is 198 g/mol. The van der Waals surface area contributed by atoms with Crippen LogP contribution in [0.2, 0.25) is 0 Å². The molecule has 90 valence electrons. The van der Waals surface area contributed by atoms with Gasteiger partial charge in [0.2, 0.25) is 0 Å². The van der Waals surface area contributed by atoms with E-state index in [1.54, 1.807) is 0 Å². The van der Waals surface area contributed by atoms with Gasteiger partial charge in [0.1, 0.15) is 0 Å². The molecule has 0 fully saturated rings. The van der Waals surface area contributed by atoms with Gasteiger partial charge >= 0.3 is 0 Å². The maximum atomic E-state index is 8.91. The Morgan fingerprint density at radius 1 is 1.31 bits per heavy atom. The molecule has 0 aliphatic rings. The fourth-order valence-corrected chi connectivity index (χ4v) is 1.78. The smallest absolute Gasteiger partial charge is 0.0448 e. The van der Waals surface area contributed by atoms with E-state index >= 15 is 0 Å². The number of hydrogen-bond donors (Lipinski definition) is 2. The molecule has 0 heterocycles. The van der Waals surface area contributed by atoms with Gasteiger partial charge in [0.25, 0.3) is 0 Å². The van der Waals surface area contributed by atoms with Gasteiger partial charge in [0.15, 0.2) is 0 Å². The first-order valence-corrected chi connectivity index (χ1v) is 5.95. The molecule has 0 aliphatic heterocycles. The van der Waals surface area contributed by atoms with E-state index in [0.29, 0.717) is 0 Å². The lowest BCUT2D eigenvalue weighted by atomic mass is 10.0. The van der Waals surface area contributed by atoms with Crippen molar-refractivity contribution in [3.8, 4) is 0 Å². The van der Waals surface area contributed by atoms with Gasteiger partial charge in [-0.05, 0) is 45.7 Å². The number of aliphatic hydroxyl groups is 1. The highest BCUT2D eigenvalue weighted by Gasteiger charge is 2.14. The normalized spacial score (nSPS) is 11.8. The molecule has 0 radical (unpaired) electrons.